The number of anilines is 1. The highest BCUT2D eigenvalue weighted by molar-refractivity contribution is 5.65. The molecule has 0 amide bonds. The zero-order valence-corrected chi connectivity index (χ0v) is 13.4. The first kappa shape index (κ1) is 16.7. The van der Waals surface area contributed by atoms with E-state index in [0.29, 0.717) is 37.4 Å². The summed E-state index contributed by atoms with van der Waals surface area (Å²) in [5.41, 5.74) is 0.728. The normalized spacial score (nSPS) is 14.8. The molecule has 0 aliphatic carbocycles. The highest BCUT2D eigenvalue weighted by atomic mass is 19.1. The number of ether oxygens (including phenoxy) is 1. The molecule has 1 fully saturated rings. The maximum Gasteiger partial charge on any atom is 0.293 e. The van der Waals surface area contributed by atoms with Crippen molar-refractivity contribution in [1.82, 2.24) is 0 Å². The monoisotopic (exact) mass is 341 g/mol. The zero-order valence-electron chi connectivity index (χ0n) is 13.4. The summed E-state index contributed by atoms with van der Waals surface area (Å²) in [5, 5.41) is 20.2. The van der Waals surface area contributed by atoms with Crippen LogP contribution in [-0.4, -0.2) is 24.1 Å². The highest BCUT2D eigenvalue weighted by Gasteiger charge is 2.26. The van der Waals surface area contributed by atoms with Gasteiger partial charge in [-0.3, -0.25) is 10.1 Å². The average molecular weight is 341 g/mol. The number of nitrogens with zero attached hydrogens (tertiary/aromatic N) is 3. The van der Waals surface area contributed by atoms with Crippen molar-refractivity contribution in [1.29, 1.82) is 5.26 Å². The van der Waals surface area contributed by atoms with Gasteiger partial charge in [0.25, 0.3) is 5.69 Å². The van der Waals surface area contributed by atoms with Gasteiger partial charge >= 0.3 is 0 Å². The van der Waals surface area contributed by atoms with Gasteiger partial charge in [0.1, 0.15) is 23.4 Å². The second-order valence-corrected chi connectivity index (χ2v) is 5.83. The third-order valence-corrected chi connectivity index (χ3v) is 4.20. The molecule has 0 unspecified atom stereocenters. The molecule has 0 atom stereocenters. The van der Waals surface area contributed by atoms with E-state index in [1.165, 1.54) is 18.2 Å². The molecule has 0 spiro atoms. The number of nitriles is 1. The highest BCUT2D eigenvalue weighted by Crippen LogP contribution is 2.32. The minimum Gasteiger partial charge on any atom is -0.490 e. The molecule has 2 aromatic carbocycles. The van der Waals surface area contributed by atoms with Crippen molar-refractivity contribution >= 4 is 11.4 Å². The molecule has 1 heterocycles. The fourth-order valence-electron chi connectivity index (χ4n) is 2.93. The van der Waals surface area contributed by atoms with Gasteiger partial charge in [-0.05, 0) is 36.4 Å². The smallest absolute Gasteiger partial charge is 0.293 e. The number of nitro benzene ring substituents is 1. The van der Waals surface area contributed by atoms with E-state index in [-0.39, 0.29) is 23.2 Å². The third kappa shape index (κ3) is 3.86. The molecular weight excluding hydrogens is 325 g/mol. The van der Waals surface area contributed by atoms with Crippen molar-refractivity contribution in [3.8, 4) is 11.8 Å². The molecule has 3 rings (SSSR count). The van der Waals surface area contributed by atoms with Gasteiger partial charge in [0.2, 0.25) is 0 Å². The van der Waals surface area contributed by atoms with Gasteiger partial charge in [-0.1, -0.05) is 0 Å². The maximum absolute atomic E-state index is 12.9. The van der Waals surface area contributed by atoms with Gasteiger partial charge in [0.15, 0.2) is 0 Å². The maximum atomic E-state index is 12.9. The first-order chi connectivity index (χ1) is 12.1. The summed E-state index contributed by atoms with van der Waals surface area (Å²) in [6.45, 7) is 1.22. The first-order valence-corrected chi connectivity index (χ1v) is 7.92. The van der Waals surface area contributed by atoms with Gasteiger partial charge in [-0.15, -0.1) is 0 Å². The van der Waals surface area contributed by atoms with Crippen LogP contribution in [0.15, 0.2) is 42.5 Å². The van der Waals surface area contributed by atoms with Gasteiger partial charge in [0.05, 0.1) is 16.6 Å². The first-order valence-electron chi connectivity index (χ1n) is 7.92. The van der Waals surface area contributed by atoms with Crippen LogP contribution in [-0.2, 0) is 0 Å². The van der Waals surface area contributed by atoms with E-state index < -0.39 is 4.92 Å². The van der Waals surface area contributed by atoms with Crippen LogP contribution in [0.1, 0.15) is 18.4 Å². The summed E-state index contributed by atoms with van der Waals surface area (Å²) in [6, 6.07) is 12.3. The summed E-state index contributed by atoms with van der Waals surface area (Å²) < 4.78 is 18.8. The fourth-order valence-corrected chi connectivity index (χ4v) is 2.93. The number of rotatable bonds is 4. The van der Waals surface area contributed by atoms with Crippen LogP contribution in [0.3, 0.4) is 0 Å². The van der Waals surface area contributed by atoms with Crippen LogP contribution in [0.5, 0.6) is 5.75 Å². The van der Waals surface area contributed by atoms with E-state index in [2.05, 4.69) is 0 Å². The molecular formula is C18H16FN3O3. The summed E-state index contributed by atoms with van der Waals surface area (Å²) in [5.74, 6) is 0.305. The number of piperidine rings is 1. The summed E-state index contributed by atoms with van der Waals surface area (Å²) in [6.07, 6.45) is 1.39. The van der Waals surface area contributed by atoms with Crippen LogP contribution in [0.2, 0.25) is 0 Å². The molecule has 0 aromatic heterocycles. The molecule has 0 saturated carbocycles. The van der Waals surface area contributed by atoms with E-state index in [1.54, 1.807) is 24.3 Å². The van der Waals surface area contributed by atoms with E-state index in [0.717, 1.165) is 0 Å². The molecule has 0 N–H and O–H groups in total. The lowest BCUT2D eigenvalue weighted by molar-refractivity contribution is -0.384. The van der Waals surface area contributed by atoms with E-state index in [4.69, 9.17) is 10.00 Å². The lowest BCUT2D eigenvalue weighted by Crippen LogP contribution is -2.38. The molecule has 1 saturated heterocycles. The fraction of sp³-hybridized carbons (Fsp3) is 0.278. The average Bonchev–Trinajstić information content (AvgIpc) is 2.64. The Morgan fingerprint density at radius 3 is 2.48 bits per heavy atom. The minimum atomic E-state index is -0.461. The van der Waals surface area contributed by atoms with Gasteiger partial charge in [-0.2, -0.15) is 5.26 Å². The second-order valence-electron chi connectivity index (χ2n) is 5.83. The minimum absolute atomic E-state index is 0.0147. The molecule has 1 aliphatic heterocycles. The van der Waals surface area contributed by atoms with Crippen LogP contribution in [0.4, 0.5) is 15.8 Å². The largest absolute Gasteiger partial charge is 0.490 e. The SMILES string of the molecule is N#Cc1ccc(N2CCC(Oc3ccc(F)cc3)CC2)c([N+](=O)[O-])c1. The zero-order chi connectivity index (χ0) is 17.8. The molecule has 2 aromatic rings. The number of benzene rings is 2. The van der Waals surface area contributed by atoms with E-state index in [1.807, 2.05) is 11.0 Å². The quantitative estimate of drug-likeness (QED) is 0.626. The topological polar surface area (TPSA) is 79.4 Å². The predicted molar refractivity (Wildman–Crippen MR) is 90.1 cm³/mol. The van der Waals surface area contributed by atoms with Crippen molar-refractivity contribution in [3.63, 3.8) is 0 Å². The standard InChI is InChI=1S/C18H16FN3O3/c19-14-2-4-15(5-3-14)25-16-7-9-21(10-8-16)17-6-1-13(12-20)11-18(17)22(23)24/h1-6,11,16H,7-10H2. The Hall–Kier alpha value is -3.14. The Balaban J connectivity index is 1.67. The summed E-state index contributed by atoms with van der Waals surface area (Å²) >= 11 is 0. The van der Waals surface area contributed by atoms with E-state index >= 15 is 0 Å². The number of hydrogen-bond acceptors (Lipinski definition) is 5. The molecule has 1 aliphatic rings. The number of nitro groups is 1. The summed E-state index contributed by atoms with van der Waals surface area (Å²) in [4.78, 5) is 12.8. The Morgan fingerprint density at radius 1 is 1.20 bits per heavy atom. The Bertz CT molecular complexity index is 809. The molecule has 6 nitrogen and oxygen atoms in total. The second kappa shape index (κ2) is 7.18. The van der Waals surface area contributed by atoms with Gasteiger partial charge in [-0.25, -0.2) is 4.39 Å². The van der Waals surface area contributed by atoms with Crippen molar-refractivity contribution in [3.05, 3.63) is 64.0 Å². The number of halogens is 1. The van der Waals surface area contributed by atoms with E-state index in [9.17, 15) is 14.5 Å². The Morgan fingerprint density at radius 2 is 1.88 bits per heavy atom. The van der Waals surface area contributed by atoms with Crippen LogP contribution >= 0.6 is 0 Å². The molecule has 0 bridgehead atoms. The lowest BCUT2D eigenvalue weighted by atomic mass is 10.1. The third-order valence-electron chi connectivity index (χ3n) is 4.20. The Labute approximate surface area is 144 Å². The molecule has 128 valence electrons. The lowest BCUT2D eigenvalue weighted by Gasteiger charge is -2.33. The molecule has 0 radical (unpaired) electrons. The van der Waals surface area contributed by atoms with Crippen molar-refractivity contribution in [2.24, 2.45) is 0 Å². The van der Waals surface area contributed by atoms with Crippen LogP contribution in [0, 0.1) is 27.3 Å². The molecule has 25 heavy (non-hydrogen) atoms. The predicted octanol–water partition coefficient (Wildman–Crippen LogP) is 3.65. The molecule has 7 heteroatoms. The number of hydrogen-bond donors (Lipinski definition) is 0. The summed E-state index contributed by atoms with van der Waals surface area (Å²) in [7, 11) is 0. The van der Waals surface area contributed by atoms with Gasteiger partial charge < -0.3 is 9.64 Å². The van der Waals surface area contributed by atoms with Crippen molar-refractivity contribution in [2.45, 2.75) is 18.9 Å². The van der Waals surface area contributed by atoms with Crippen molar-refractivity contribution < 1.29 is 14.1 Å². The van der Waals surface area contributed by atoms with Gasteiger partial charge in [0, 0.05) is 32.0 Å². The van der Waals surface area contributed by atoms with Crippen LogP contribution < -0.4 is 9.64 Å². The Kier molecular flexibility index (Phi) is 4.80. The van der Waals surface area contributed by atoms with Crippen molar-refractivity contribution in [2.75, 3.05) is 18.0 Å². The van der Waals surface area contributed by atoms with Crippen LogP contribution in [0.25, 0.3) is 0 Å².